The van der Waals surface area contributed by atoms with Crippen LogP contribution in [0, 0.1) is 11.8 Å². The molecule has 2 fully saturated rings. The van der Waals surface area contributed by atoms with Gasteiger partial charge in [0.1, 0.15) is 5.01 Å². The van der Waals surface area contributed by atoms with Crippen LogP contribution in [0.2, 0.25) is 0 Å². The second-order valence-electron chi connectivity index (χ2n) is 6.87. The van der Waals surface area contributed by atoms with Crippen molar-refractivity contribution in [2.24, 2.45) is 11.8 Å². The number of aryl methyl sites for hydroxylation is 1. The van der Waals surface area contributed by atoms with Crippen molar-refractivity contribution in [2.75, 3.05) is 44.2 Å². The summed E-state index contributed by atoms with van der Waals surface area (Å²) in [7, 11) is 0. The fourth-order valence-electron chi connectivity index (χ4n) is 3.63. The van der Waals surface area contributed by atoms with Crippen LogP contribution >= 0.6 is 11.3 Å². The van der Waals surface area contributed by atoms with Gasteiger partial charge >= 0.3 is 0 Å². The maximum atomic E-state index is 9.74. The predicted octanol–water partition coefficient (Wildman–Crippen LogP) is 0.992. The summed E-state index contributed by atoms with van der Waals surface area (Å²) in [6, 6.07) is 0. The zero-order chi connectivity index (χ0) is 16.2. The Balaban J connectivity index is 1.58. The first-order valence-corrected chi connectivity index (χ1v) is 9.59. The van der Waals surface area contributed by atoms with Crippen LogP contribution in [0.25, 0.3) is 0 Å². The van der Waals surface area contributed by atoms with Gasteiger partial charge in [0, 0.05) is 51.7 Å². The van der Waals surface area contributed by atoms with Crippen molar-refractivity contribution >= 4 is 16.5 Å². The van der Waals surface area contributed by atoms with Crippen LogP contribution in [0.1, 0.15) is 31.2 Å². The third kappa shape index (κ3) is 4.21. The molecular weight excluding hydrogens is 312 g/mol. The number of piperidine rings is 1. The number of aromatic nitrogens is 2. The van der Waals surface area contributed by atoms with E-state index in [0.29, 0.717) is 11.8 Å². The smallest absolute Gasteiger partial charge is 0.208 e. The Hall–Kier alpha value is -0.760. The first-order valence-electron chi connectivity index (χ1n) is 8.78. The molecule has 0 aromatic carbocycles. The lowest BCUT2D eigenvalue weighted by molar-refractivity contribution is 0.0687. The van der Waals surface area contributed by atoms with E-state index in [-0.39, 0.29) is 12.7 Å². The first-order chi connectivity index (χ1) is 11.2. The van der Waals surface area contributed by atoms with E-state index in [4.69, 9.17) is 0 Å². The first kappa shape index (κ1) is 17.1. The van der Waals surface area contributed by atoms with Gasteiger partial charge in [-0.25, -0.2) is 0 Å². The topological polar surface area (TPSA) is 72.7 Å². The Kier molecular flexibility index (Phi) is 5.85. The maximum absolute atomic E-state index is 9.74. The normalized spacial score (nSPS) is 27.0. The lowest BCUT2D eigenvalue weighted by Crippen LogP contribution is -2.40. The highest BCUT2D eigenvalue weighted by molar-refractivity contribution is 7.15. The number of anilines is 1. The van der Waals surface area contributed by atoms with Crippen LogP contribution in [-0.4, -0.2) is 70.7 Å². The van der Waals surface area contributed by atoms with Gasteiger partial charge < -0.3 is 20.0 Å². The molecule has 0 bridgehead atoms. The Bertz CT molecular complexity index is 490. The summed E-state index contributed by atoms with van der Waals surface area (Å²) in [5.41, 5.74) is 0. The van der Waals surface area contributed by atoms with Gasteiger partial charge in [-0.1, -0.05) is 18.3 Å². The van der Waals surface area contributed by atoms with E-state index in [2.05, 4.69) is 26.9 Å². The molecule has 23 heavy (non-hydrogen) atoms. The Morgan fingerprint density at radius 3 is 2.61 bits per heavy atom. The van der Waals surface area contributed by atoms with Gasteiger partial charge in [0.2, 0.25) is 5.13 Å². The summed E-state index contributed by atoms with van der Waals surface area (Å²) >= 11 is 1.69. The molecule has 0 radical (unpaired) electrons. The lowest BCUT2D eigenvalue weighted by Gasteiger charge is -2.32. The molecule has 0 saturated carbocycles. The van der Waals surface area contributed by atoms with E-state index in [9.17, 15) is 10.2 Å². The number of hydrogen-bond donors (Lipinski definition) is 2. The summed E-state index contributed by atoms with van der Waals surface area (Å²) in [4.78, 5) is 4.73. The number of aliphatic hydroxyl groups excluding tert-OH is 2. The van der Waals surface area contributed by atoms with E-state index in [0.717, 1.165) is 68.5 Å². The minimum atomic E-state index is -0.127. The van der Waals surface area contributed by atoms with Crippen LogP contribution in [0.3, 0.4) is 0 Å². The number of likely N-dealkylation sites (tertiary alicyclic amines) is 1. The maximum Gasteiger partial charge on any atom is 0.208 e. The molecule has 1 aromatic heterocycles. The second-order valence-corrected chi connectivity index (χ2v) is 7.91. The van der Waals surface area contributed by atoms with Crippen LogP contribution in [-0.2, 0) is 6.42 Å². The Morgan fingerprint density at radius 1 is 1.17 bits per heavy atom. The zero-order valence-corrected chi connectivity index (χ0v) is 14.7. The summed E-state index contributed by atoms with van der Waals surface area (Å²) in [6.45, 7) is 7.16. The highest BCUT2D eigenvalue weighted by Gasteiger charge is 2.35. The van der Waals surface area contributed by atoms with Gasteiger partial charge in [-0.3, -0.25) is 0 Å². The molecule has 0 aliphatic carbocycles. The highest BCUT2D eigenvalue weighted by atomic mass is 32.1. The molecule has 3 rings (SSSR count). The molecule has 130 valence electrons. The number of rotatable bonds is 6. The summed E-state index contributed by atoms with van der Waals surface area (Å²) in [5.74, 6) is 0.772. The molecule has 1 aromatic rings. The largest absolute Gasteiger partial charge is 0.396 e. The summed E-state index contributed by atoms with van der Waals surface area (Å²) < 4.78 is 0. The number of aliphatic hydroxyl groups is 2. The Labute approximate surface area is 142 Å². The fourth-order valence-corrected chi connectivity index (χ4v) is 4.59. The lowest BCUT2D eigenvalue weighted by atomic mass is 9.95. The quantitative estimate of drug-likeness (QED) is 0.805. The van der Waals surface area contributed by atoms with E-state index in [1.807, 2.05) is 0 Å². The Morgan fingerprint density at radius 2 is 1.91 bits per heavy atom. The molecule has 6 nitrogen and oxygen atoms in total. The van der Waals surface area contributed by atoms with Crippen molar-refractivity contribution in [1.82, 2.24) is 15.1 Å². The number of hydrogen-bond acceptors (Lipinski definition) is 7. The molecule has 0 spiro atoms. The SMILES string of the molecule is CCCc1nnc(N2C[C@@H](CO)[C@@H](CN3CCC(O)CC3)C2)s1. The van der Waals surface area contributed by atoms with Crippen molar-refractivity contribution < 1.29 is 10.2 Å². The molecule has 7 heteroatoms. The second kappa shape index (κ2) is 7.88. The molecule has 2 atom stereocenters. The number of nitrogens with zero attached hydrogens (tertiary/aromatic N) is 4. The highest BCUT2D eigenvalue weighted by Crippen LogP contribution is 2.31. The molecule has 2 aliphatic heterocycles. The van der Waals surface area contributed by atoms with Gasteiger partial charge in [0.15, 0.2) is 0 Å². The predicted molar refractivity (Wildman–Crippen MR) is 91.9 cm³/mol. The van der Waals surface area contributed by atoms with E-state index in [1.165, 1.54) is 0 Å². The van der Waals surface area contributed by atoms with Crippen molar-refractivity contribution in [3.8, 4) is 0 Å². The average molecular weight is 340 g/mol. The van der Waals surface area contributed by atoms with Gasteiger partial charge in [0.25, 0.3) is 0 Å². The van der Waals surface area contributed by atoms with Crippen LogP contribution in [0.4, 0.5) is 5.13 Å². The minimum Gasteiger partial charge on any atom is -0.396 e. The van der Waals surface area contributed by atoms with Gasteiger partial charge in [0.05, 0.1) is 6.10 Å². The van der Waals surface area contributed by atoms with Crippen LogP contribution < -0.4 is 4.90 Å². The molecule has 2 saturated heterocycles. The molecule has 2 N–H and O–H groups in total. The van der Waals surface area contributed by atoms with E-state index < -0.39 is 0 Å². The summed E-state index contributed by atoms with van der Waals surface area (Å²) in [5, 5.41) is 30.1. The molecule has 3 heterocycles. The van der Waals surface area contributed by atoms with Crippen molar-refractivity contribution in [1.29, 1.82) is 0 Å². The third-order valence-corrected chi connectivity index (χ3v) is 6.10. The van der Waals surface area contributed by atoms with Crippen LogP contribution in [0.15, 0.2) is 0 Å². The van der Waals surface area contributed by atoms with Gasteiger partial charge in [-0.05, 0) is 25.2 Å². The molecule has 2 aliphatic rings. The van der Waals surface area contributed by atoms with E-state index in [1.54, 1.807) is 11.3 Å². The summed E-state index contributed by atoms with van der Waals surface area (Å²) in [6.07, 6.45) is 3.71. The van der Waals surface area contributed by atoms with Crippen LogP contribution in [0.5, 0.6) is 0 Å². The zero-order valence-electron chi connectivity index (χ0n) is 13.9. The average Bonchev–Trinajstić information content (AvgIpc) is 3.16. The van der Waals surface area contributed by atoms with Crippen molar-refractivity contribution in [2.45, 2.75) is 38.7 Å². The van der Waals surface area contributed by atoms with Gasteiger partial charge in [-0.15, -0.1) is 10.2 Å². The van der Waals surface area contributed by atoms with Crippen molar-refractivity contribution in [3.63, 3.8) is 0 Å². The fraction of sp³-hybridized carbons (Fsp3) is 0.875. The molecule has 0 amide bonds. The molecule has 0 unspecified atom stereocenters. The van der Waals surface area contributed by atoms with Gasteiger partial charge in [-0.2, -0.15) is 0 Å². The monoisotopic (exact) mass is 340 g/mol. The standard InChI is InChI=1S/C16H28N4O2S/c1-2-3-15-17-18-16(23-15)20-9-12(13(10-20)11-21)8-19-6-4-14(22)5-7-19/h12-14,21-22H,2-11H2,1H3/t12-,13-/m0/s1. The minimum absolute atomic E-state index is 0.127. The molecular formula is C16H28N4O2S. The van der Waals surface area contributed by atoms with E-state index >= 15 is 0 Å². The van der Waals surface area contributed by atoms with Crippen molar-refractivity contribution in [3.05, 3.63) is 5.01 Å². The third-order valence-electron chi connectivity index (χ3n) is 5.05.